The van der Waals surface area contributed by atoms with E-state index < -0.39 is 22.5 Å². The van der Waals surface area contributed by atoms with Crippen LogP contribution in [0.15, 0.2) is 113 Å². The summed E-state index contributed by atoms with van der Waals surface area (Å²) in [5.41, 5.74) is 5.34. The molecule has 4 rings (SSSR count). The second-order valence-electron chi connectivity index (χ2n) is 9.96. The number of anilines is 1. The molecule has 0 unspecified atom stereocenters. The van der Waals surface area contributed by atoms with Gasteiger partial charge in [-0.1, -0.05) is 60.2 Å². The lowest BCUT2D eigenvalue weighted by Crippen LogP contribution is -2.39. The Bertz CT molecular complexity index is 1690. The van der Waals surface area contributed by atoms with Crippen LogP contribution in [0.3, 0.4) is 0 Å². The Morgan fingerprint density at radius 1 is 0.844 bits per heavy atom. The van der Waals surface area contributed by atoms with Crippen LogP contribution >= 0.6 is 0 Å². The van der Waals surface area contributed by atoms with Crippen LogP contribution in [0, 0.1) is 6.92 Å². The van der Waals surface area contributed by atoms with Gasteiger partial charge in [-0.25, -0.2) is 13.8 Å². The van der Waals surface area contributed by atoms with E-state index in [0.29, 0.717) is 30.2 Å². The van der Waals surface area contributed by atoms with Gasteiger partial charge in [-0.15, -0.1) is 0 Å². The summed E-state index contributed by atoms with van der Waals surface area (Å²) >= 11 is 0. The van der Waals surface area contributed by atoms with Gasteiger partial charge in [0.1, 0.15) is 18.0 Å². The molecule has 2 N–H and O–H groups in total. The zero-order valence-electron chi connectivity index (χ0n) is 25.2. The minimum absolute atomic E-state index is 0.0441. The Morgan fingerprint density at radius 3 is 2.24 bits per heavy atom. The highest BCUT2D eigenvalue weighted by atomic mass is 32.2. The van der Waals surface area contributed by atoms with Gasteiger partial charge in [0.05, 0.1) is 23.4 Å². The number of sulfonamides is 1. The molecule has 0 radical (unpaired) electrons. The monoisotopic (exact) mass is 628 g/mol. The third kappa shape index (κ3) is 9.67. The third-order valence-electron chi connectivity index (χ3n) is 6.56. The number of ether oxygens (including phenoxy) is 2. The molecule has 0 aliphatic rings. The molecule has 0 aliphatic carbocycles. The Balaban J connectivity index is 1.34. The van der Waals surface area contributed by atoms with Gasteiger partial charge in [-0.05, 0) is 79.9 Å². The lowest BCUT2D eigenvalue weighted by molar-refractivity contribution is -0.123. The highest BCUT2D eigenvalue weighted by Crippen LogP contribution is 2.32. The fourth-order valence-electron chi connectivity index (χ4n) is 4.26. The number of rotatable bonds is 15. The number of para-hydroxylation sites is 2. The van der Waals surface area contributed by atoms with Crippen molar-refractivity contribution >= 4 is 33.7 Å². The number of hydrazone groups is 1. The van der Waals surface area contributed by atoms with Gasteiger partial charge in [-0.2, -0.15) is 5.10 Å². The predicted octanol–water partition coefficient (Wildman–Crippen LogP) is 4.48. The van der Waals surface area contributed by atoms with Gasteiger partial charge in [0.15, 0.2) is 6.61 Å². The van der Waals surface area contributed by atoms with Gasteiger partial charge < -0.3 is 14.8 Å². The van der Waals surface area contributed by atoms with Crippen LogP contribution in [0.25, 0.3) is 0 Å². The number of aryl methyl sites for hydroxylation is 1. The molecule has 0 atom stereocenters. The van der Waals surface area contributed by atoms with E-state index in [1.54, 1.807) is 67.6 Å². The van der Waals surface area contributed by atoms with Crippen molar-refractivity contribution in [3.63, 3.8) is 0 Å². The van der Waals surface area contributed by atoms with E-state index >= 15 is 0 Å². The molecule has 0 saturated heterocycles. The highest BCUT2D eigenvalue weighted by Gasteiger charge is 2.29. The molecule has 234 valence electrons. The molecule has 0 fully saturated rings. The zero-order valence-corrected chi connectivity index (χ0v) is 26.0. The number of hydrogen-bond acceptors (Lipinski definition) is 7. The third-order valence-corrected chi connectivity index (χ3v) is 8.34. The molecule has 0 heterocycles. The highest BCUT2D eigenvalue weighted by molar-refractivity contribution is 7.92. The van der Waals surface area contributed by atoms with Crippen LogP contribution < -0.4 is 24.5 Å². The summed E-state index contributed by atoms with van der Waals surface area (Å²) < 4.78 is 39.6. The smallest absolute Gasteiger partial charge is 0.264 e. The first-order valence-electron chi connectivity index (χ1n) is 14.4. The first-order chi connectivity index (χ1) is 21.8. The van der Waals surface area contributed by atoms with Crippen molar-refractivity contribution in [1.29, 1.82) is 0 Å². The molecule has 0 aliphatic heterocycles. The lowest BCUT2D eigenvalue weighted by Gasteiger charge is -2.25. The molecule has 45 heavy (non-hydrogen) atoms. The maximum atomic E-state index is 13.7. The Hall–Kier alpha value is -5.16. The number of carbonyl (C=O) groups excluding carboxylic acids is 2. The molecular weight excluding hydrogens is 592 g/mol. The maximum absolute atomic E-state index is 13.7. The fourth-order valence-corrected chi connectivity index (χ4v) is 5.69. The summed E-state index contributed by atoms with van der Waals surface area (Å²) in [6, 6.07) is 29.7. The van der Waals surface area contributed by atoms with Crippen molar-refractivity contribution in [1.82, 2.24) is 10.7 Å². The van der Waals surface area contributed by atoms with E-state index in [9.17, 15) is 18.0 Å². The van der Waals surface area contributed by atoms with E-state index in [1.165, 1.54) is 18.3 Å². The minimum atomic E-state index is -4.12. The van der Waals surface area contributed by atoms with E-state index in [4.69, 9.17) is 9.47 Å². The van der Waals surface area contributed by atoms with Gasteiger partial charge in [0.25, 0.3) is 21.8 Å². The topological polar surface area (TPSA) is 126 Å². The van der Waals surface area contributed by atoms with Crippen molar-refractivity contribution < 1.29 is 27.5 Å². The first kappa shape index (κ1) is 32.7. The van der Waals surface area contributed by atoms with Crippen LogP contribution in [-0.4, -0.2) is 52.8 Å². The predicted molar refractivity (Wildman–Crippen MR) is 174 cm³/mol. The van der Waals surface area contributed by atoms with Gasteiger partial charge in [-0.3, -0.25) is 13.9 Å². The van der Waals surface area contributed by atoms with Crippen LogP contribution in [0.4, 0.5) is 5.69 Å². The quantitative estimate of drug-likeness (QED) is 0.148. The largest absolute Gasteiger partial charge is 0.492 e. The molecule has 4 aromatic rings. The Labute approximate surface area is 263 Å². The molecule has 0 bridgehead atoms. The number of nitrogens with zero attached hydrogens (tertiary/aromatic N) is 2. The van der Waals surface area contributed by atoms with E-state index in [2.05, 4.69) is 15.8 Å². The lowest BCUT2D eigenvalue weighted by atomic mass is 10.1. The number of benzene rings is 4. The van der Waals surface area contributed by atoms with Crippen LogP contribution in [0.1, 0.15) is 23.6 Å². The normalized spacial score (nSPS) is 11.2. The van der Waals surface area contributed by atoms with Crippen LogP contribution in [0.2, 0.25) is 0 Å². The zero-order chi connectivity index (χ0) is 32.1. The molecule has 0 saturated carbocycles. The van der Waals surface area contributed by atoms with Crippen LogP contribution in [0.5, 0.6) is 11.5 Å². The molecular formula is C34H36N4O6S. The molecule has 11 heteroatoms. The molecule has 10 nitrogen and oxygen atoms in total. The summed E-state index contributed by atoms with van der Waals surface area (Å²) in [6.45, 7) is 3.84. The van der Waals surface area contributed by atoms with Crippen molar-refractivity contribution in [3.05, 3.63) is 120 Å². The van der Waals surface area contributed by atoms with Gasteiger partial charge in [0.2, 0.25) is 0 Å². The van der Waals surface area contributed by atoms with Gasteiger partial charge >= 0.3 is 0 Å². The molecule has 4 aromatic carbocycles. The standard InChI is InChI=1S/C34H36N4O6S/c1-3-43-32-12-8-7-11-31(32)38(45(41,42)30-19-13-26(2)14-20-30)24-33(39)37-36-23-28-15-17-29(18-16-28)44-25-34(40)35-22-21-27-9-5-4-6-10-27/h4-20,23H,3,21-22,24-25H2,1-2H3,(H,35,40)(H,37,39)/b36-23-. The number of hydrogen-bond donors (Lipinski definition) is 2. The molecule has 2 amide bonds. The van der Waals surface area contributed by atoms with Crippen molar-refractivity contribution in [2.75, 3.05) is 30.6 Å². The second-order valence-corrected chi connectivity index (χ2v) is 11.8. The van der Waals surface area contributed by atoms with Crippen molar-refractivity contribution in [2.24, 2.45) is 5.10 Å². The SMILES string of the molecule is CCOc1ccccc1N(CC(=O)N/N=C\c1ccc(OCC(=O)NCCc2ccccc2)cc1)S(=O)(=O)c1ccc(C)cc1. The minimum Gasteiger partial charge on any atom is -0.492 e. The maximum Gasteiger partial charge on any atom is 0.264 e. The summed E-state index contributed by atoms with van der Waals surface area (Å²) in [4.78, 5) is 25.1. The first-order valence-corrected chi connectivity index (χ1v) is 15.9. The fraction of sp³-hybridized carbons (Fsp3) is 0.206. The van der Waals surface area contributed by atoms with E-state index in [1.807, 2.05) is 37.3 Å². The number of amides is 2. The van der Waals surface area contributed by atoms with Gasteiger partial charge in [0, 0.05) is 6.54 Å². The van der Waals surface area contributed by atoms with E-state index in [-0.39, 0.29) is 23.1 Å². The summed E-state index contributed by atoms with van der Waals surface area (Å²) in [5.74, 6) is -0.0358. The summed E-state index contributed by atoms with van der Waals surface area (Å²) in [7, 11) is -4.12. The number of nitrogens with one attached hydrogen (secondary N) is 2. The molecule has 0 spiro atoms. The second kappa shape index (κ2) is 16.1. The van der Waals surface area contributed by atoms with E-state index in [0.717, 1.165) is 21.9 Å². The van der Waals surface area contributed by atoms with Crippen molar-refractivity contribution in [3.8, 4) is 11.5 Å². The Kier molecular flexibility index (Phi) is 11.7. The average Bonchev–Trinajstić information content (AvgIpc) is 3.04. The summed E-state index contributed by atoms with van der Waals surface area (Å²) in [6.07, 6.45) is 2.16. The van der Waals surface area contributed by atoms with Crippen molar-refractivity contribution in [2.45, 2.75) is 25.2 Å². The van der Waals surface area contributed by atoms with Crippen LogP contribution in [-0.2, 0) is 26.0 Å². The Morgan fingerprint density at radius 2 is 1.53 bits per heavy atom. The molecule has 0 aromatic heterocycles. The average molecular weight is 629 g/mol. The summed E-state index contributed by atoms with van der Waals surface area (Å²) in [5, 5.41) is 6.83. The number of carbonyl (C=O) groups is 2.